The van der Waals surface area contributed by atoms with Gasteiger partial charge in [0.1, 0.15) is 0 Å². The van der Waals surface area contributed by atoms with Crippen LogP contribution in [0.3, 0.4) is 0 Å². The number of aliphatic hydroxyl groups excluding tert-OH is 1. The van der Waals surface area contributed by atoms with Crippen LogP contribution in [-0.2, 0) is 4.74 Å². The van der Waals surface area contributed by atoms with Crippen molar-refractivity contribution in [2.24, 2.45) is 0 Å². The highest BCUT2D eigenvalue weighted by atomic mass is 16.5. The summed E-state index contributed by atoms with van der Waals surface area (Å²) in [6.07, 6.45) is 2.63. The summed E-state index contributed by atoms with van der Waals surface area (Å²) in [4.78, 5) is 14.3. The minimum Gasteiger partial charge on any atom is -0.389 e. The van der Waals surface area contributed by atoms with E-state index in [1.54, 1.807) is 12.1 Å². The first-order chi connectivity index (χ1) is 10.3. The Kier molecular flexibility index (Phi) is 4.42. The number of carbonyl (C=O) groups is 1. The molecule has 114 valence electrons. The van der Waals surface area contributed by atoms with Gasteiger partial charge in [0, 0.05) is 25.3 Å². The zero-order chi connectivity index (χ0) is 14.7. The van der Waals surface area contributed by atoms with Crippen LogP contribution >= 0.6 is 0 Å². The second-order valence-corrected chi connectivity index (χ2v) is 5.47. The molecule has 1 saturated heterocycles. The summed E-state index contributed by atoms with van der Waals surface area (Å²) in [5.41, 5.74) is 0.277. The van der Waals surface area contributed by atoms with E-state index in [4.69, 9.17) is 4.74 Å². The highest BCUT2D eigenvalue weighted by molar-refractivity contribution is 5.92. The van der Waals surface area contributed by atoms with E-state index in [1.807, 2.05) is 0 Å². The average molecular weight is 292 g/mol. The molecule has 2 fully saturated rings. The van der Waals surface area contributed by atoms with Crippen LogP contribution < -0.4 is 5.32 Å². The number of ether oxygens (including phenoxy) is 1. The van der Waals surface area contributed by atoms with Crippen molar-refractivity contribution < 1.29 is 14.6 Å². The molecule has 1 amide bonds. The van der Waals surface area contributed by atoms with E-state index >= 15 is 0 Å². The summed E-state index contributed by atoms with van der Waals surface area (Å²) in [5, 5.41) is 20.8. The lowest BCUT2D eigenvalue weighted by Crippen LogP contribution is -2.51. The lowest BCUT2D eigenvalue weighted by Gasteiger charge is -2.34. The van der Waals surface area contributed by atoms with Crippen LogP contribution in [0.5, 0.6) is 0 Å². The molecule has 1 aliphatic carbocycles. The van der Waals surface area contributed by atoms with Crippen molar-refractivity contribution in [2.75, 3.05) is 26.3 Å². The molecule has 2 aliphatic rings. The number of aromatic nitrogens is 2. The van der Waals surface area contributed by atoms with E-state index in [0.717, 1.165) is 25.9 Å². The molecule has 1 aliphatic heterocycles. The number of hydrogen-bond donors (Lipinski definition) is 2. The van der Waals surface area contributed by atoms with Gasteiger partial charge in [-0.15, -0.1) is 5.10 Å². The standard InChI is InChI=1S/C14H20N4O3/c19-13-10(16-14(20)11-2-1-5-15-17-11)3-4-12(13)18-6-8-21-9-7-18/h1-2,5,10,12-13,19H,3-4,6-9H2,(H,16,20)/t10-,12-,13-/m1/s1. The molecule has 0 spiro atoms. The summed E-state index contributed by atoms with van der Waals surface area (Å²) in [5.74, 6) is -0.283. The average Bonchev–Trinajstić information content (AvgIpc) is 2.90. The van der Waals surface area contributed by atoms with Crippen LogP contribution in [0.25, 0.3) is 0 Å². The van der Waals surface area contributed by atoms with Crippen LogP contribution in [0.1, 0.15) is 23.3 Å². The Labute approximate surface area is 123 Å². The third-order valence-electron chi connectivity index (χ3n) is 4.22. The Morgan fingerprint density at radius 2 is 2.19 bits per heavy atom. The Balaban J connectivity index is 1.58. The molecular formula is C14H20N4O3. The predicted molar refractivity (Wildman–Crippen MR) is 74.7 cm³/mol. The fraction of sp³-hybridized carbons (Fsp3) is 0.643. The fourth-order valence-electron chi connectivity index (χ4n) is 3.09. The molecule has 0 aromatic carbocycles. The van der Waals surface area contributed by atoms with E-state index in [1.165, 1.54) is 6.20 Å². The second kappa shape index (κ2) is 6.46. The summed E-state index contributed by atoms with van der Waals surface area (Å²) in [7, 11) is 0. The summed E-state index contributed by atoms with van der Waals surface area (Å²) in [6.45, 7) is 3.10. The summed E-state index contributed by atoms with van der Waals surface area (Å²) >= 11 is 0. The molecule has 0 unspecified atom stereocenters. The molecule has 1 aromatic heterocycles. The van der Waals surface area contributed by atoms with Crippen molar-refractivity contribution in [3.8, 4) is 0 Å². The van der Waals surface area contributed by atoms with Gasteiger partial charge in [0.15, 0.2) is 5.69 Å². The first kappa shape index (κ1) is 14.4. The van der Waals surface area contributed by atoms with Crippen LogP contribution in [-0.4, -0.2) is 70.6 Å². The molecule has 1 saturated carbocycles. The van der Waals surface area contributed by atoms with Crippen molar-refractivity contribution in [2.45, 2.75) is 31.0 Å². The molecule has 2 heterocycles. The number of hydrogen-bond acceptors (Lipinski definition) is 6. The molecule has 0 radical (unpaired) electrons. The van der Waals surface area contributed by atoms with Crippen molar-refractivity contribution in [3.63, 3.8) is 0 Å². The number of rotatable bonds is 3. The van der Waals surface area contributed by atoms with Crippen LogP contribution in [0.4, 0.5) is 0 Å². The third kappa shape index (κ3) is 3.20. The fourth-order valence-corrected chi connectivity index (χ4v) is 3.09. The maximum atomic E-state index is 12.1. The maximum absolute atomic E-state index is 12.1. The normalized spacial score (nSPS) is 30.2. The molecular weight excluding hydrogens is 272 g/mol. The molecule has 7 heteroatoms. The number of nitrogens with zero attached hydrogens (tertiary/aromatic N) is 3. The first-order valence-corrected chi connectivity index (χ1v) is 7.34. The molecule has 7 nitrogen and oxygen atoms in total. The Morgan fingerprint density at radius 1 is 1.38 bits per heavy atom. The Bertz CT molecular complexity index is 478. The molecule has 0 bridgehead atoms. The van der Waals surface area contributed by atoms with Gasteiger partial charge in [0.2, 0.25) is 0 Å². The van der Waals surface area contributed by atoms with E-state index in [2.05, 4.69) is 20.4 Å². The number of aliphatic hydroxyl groups is 1. The monoisotopic (exact) mass is 292 g/mol. The minimum atomic E-state index is -0.552. The zero-order valence-electron chi connectivity index (χ0n) is 11.8. The van der Waals surface area contributed by atoms with Gasteiger partial charge in [-0.25, -0.2) is 0 Å². The number of morpholine rings is 1. The molecule has 1 aromatic rings. The molecule has 3 atom stereocenters. The van der Waals surface area contributed by atoms with E-state index in [9.17, 15) is 9.90 Å². The highest BCUT2D eigenvalue weighted by Crippen LogP contribution is 2.25. The summed E-state index contributed by atoms with van der Waals surface area (Å²) < 4.78 is 5.34. The van der Waals surface area contributed by atoms with Crippen LogP contribution in [0.15, 0.2) is 18.3 Å². The topological polar surface area (TPSA) is 87.6 Å². The van der Waals surface area contributed by atoms with Gasteiger partial charge < -0.3 is 15.2 Å². The molecule has 21 heavy (non-hydrogen) atoms. The zero-order valence-corrected chi connectivity index (χ0v) is 11.8. The predicted octanol–water partition coefficient (Wildman–Crippen LogP) is -0.569. The van der Waals surface area contributed by atoms with E-state index < -0.39 is 6.10 Å². The van der Waals surface area contributed by atoms with Gasteiger partial charge >= 0.3 is 0 Å². The smallest absolute Gasteiger partial charge is 0.272 e. The largest absolute Gasteiger partial charge is 0.389 e. The van der Waals surface area contributed by atoms with Crippen molar-refractivity contribution in [1.82, 2.24) is 20.4 Å². The number of carbonyl (C=O) groups excluding carboxylic acids is 1. The van der Waals surface area contributed by atoms with Gasteiger partial charge in [-0.1, -0.05) is 0 Å². The lowest BCUT2D eigenvalue weighted by molar-refractivity contribution is -0.0154. The number of nitrogens with one attached hydrogen (secondary N) is 1. The van der Waals surface area contributed by atoms with Gasteiger partial charge in [0.25, 0.3) is 5.91 Å². The van der Waals surface area contributed by atoms with E-state index in [-0.39, 0.29) is 23.7 Å². The highest BCUT2D eigenvalue weighted by Gasteiger charge is 2.39. The van der Waals surface area contributed by atoms with Crippen molar-refractivity contribution in [1.29, 1.82) is 0 Å². The van der Waals surface area contributed by atoms with Crippen LogP contribution in [0.2, 0.25) is 0 Å². The van der Waals surface area contributed by atoms with Gasteiger partial charge in [0.05, 0.1) is 25.4 Å². The molecule has 3 rings (SSSR count). The second-order valence-electron chi connectivity index (χ2n) is 5.47. The lowest BCUT2D eigenvalue weighted by atomic mass is 10.1. The SMILES string of the molecule is O=C(N[C@@H]1CC[C@@H](N2CCOCC2)[C@@H]1O)c1cccnn1. The van der Waals surface area contributed by atoms with E-state index in [0.29, 0.717) is 13.2 Å². The first-order valence-electron chi connectivity index (χ1n) is 7.34. The quantitative estimate of drug-likeness (QED) is 0.776. The molecule has 2 N–H and O–H groups in total. The van der Waals surface area contributed by atoms with Gasteiger partial charge in [-0.05, 0) is 25.0 Å². The van der Waals surface area contributed by atoms with Crippen LogP contribution in [0, 0.1) is 0 Å². The minimum absolute atomic E-state index is 0.0982. The Morgan fingerprint density at radius 3 is 2.90 bits per heavy atom. The van der Waals surface area contributed by atoms with Crippen molar-refractivity contribution >= 4 is 5.91 Å². The third-order valence-corrected chi connectivity index (χ3v) is 4.22. The number of amides is 1. The van der Waals surface area contributed by atoms with Crippen molar-refractivity contribution in [3.05, 3.63) is 24.0 Å². The Hall–Kier alpha value is -1.57. The summed E-state index contributed by atoms with van der Waals surface area (Å²) in [6, 6.07) is 3.15. The van der Waals surface area contributed by atoms with Gasteiger partial charge in [-0.2, -0.15) is 5.10 Å². The van der Waals surface area contributed by atoms with Gasteiger partial charge in [-0.3, -0.25) is 9.69 Å². The maximum Gasteiger partial charge on any atom is 0.272 e.